The first-order valence-corrected chi connectivity index (χ1v) is 7.50. The third kappa shape index (κ3) is 3.35. The Morgan fingerprint density at radius 1 is 1.28 bits per heavy atom. The second-order valence-electron chi connectivity index (χ2n) is 6.09. The summed E-state index contributed by atoms with van der Waals surface area (Å²) in [5.74, 6) is 2.42. The Kier molecular flexibility index (Phi) is 4.82. The maximum atomic E-state index is 3.62. The molecule has 0 spiro atoms. The predicted molar refractivity (Wildman–Crippen MR) is 79.0 cm³/mol. The van der Waals surface area contributed by atoms with Crippen LogP contribution in [0.1, 0.15) is 50.7 Å². The van der Waals surface area contributed by atoms with Gasteiger partial charge in [0.05, 0.1) is 0 Å². The molecule has 1 nitrogen and oxygen atoms in total. The van der Waals surface area contributed by atoms with Crippen molar-refractivity contribution in [3.05, 3.63) is 35.4 Å². The molecule has 0 aliphatic heterocycles. The van der Waals surface area contributed by atoms with Crippen LogP contribution < -0.4 is 5.32 Å². The molecule has 1 saturated carbocycles. The van der Waals surface area contributed by atoms with Gasteiger partial charge in [-0.05, 0) is 61.2 Å². The third-order valence-electron chi connectivity index (χ3n) is 4.16. The molecule has 0 bridgehead atoms. The van der Waals surface area contributed by atoms with E-state index in [0.717, 1.165) is 30.7 Å². The van der Waals surface area contributed by atoms with Gasteiger partial charge in [-0.25, -0.2) is 0 Å². The molecule has 2 unspecified atom stereocenters. The van der Waals surface area contributed by atoms with Gasteiger partial charge in [-0.2, -0.15) is 0 Å². The van der Waals surface area contributed by atoms with Crippen molar-refractivity contribution in [1.29, 1.82) is 0 Å². The van der Waals surface area contributed by atoms with E-state index in [4.69, 9.17) is 0 Å². The zero-order valence-electron chi connectivity index (χ0n) is 12.1. The average Bonchev–Trinajstić information content (AvgIpc) is 2.33. The molecule has 1 aromatic rings. The Morgan fingerprint density at radius 3 is 2.72 bits per heavy atom. The molecule has 0 amide bonds. The number of hydrogen-bond acceptors (Lipinski definition) is 1. The Bertz CT molecular complexity index is 370. The van der Waals surface area contributed by atoms with Gasteiger partial charge in [0.25, 0.3) is 0 Å². The molecule has 2 atom stereocenters. The lowest BCUT2D eigenvalue weighted by atomic mass is 9.69. The smallest absolute Gasteiger partial charge is 0.00146 e. The normalized spacial score (nSPS) is 23.1. The van der Waals surface area contributed by atoms with Crippen molar-refractivity contribution in [2.24, 2.45) is 11.8 Å². The lowest BCUT2D eigenvalue weighted by Crippen LogP contribution is -2.35. The minimum atomic E-state index is 0.756. The molecular weight excluding hydrogens is 218 g/mol. The summed E-state index contributed by atoms with van der Waals surface area (Å²) in [6, 6.07) is 9.21. The first-order valence-electron chi connectivity index (χ1n) is 7.50. The number of nitrogens with one attached hydrogen (secondary N) is 1. The van der Waals surface area contributed by atoms with Crippen LogP contribution in [0.4, 0.5) is 0 Å². The van der Waals surface area contributed by atoms with Crippen molar-refractivity contribution in [3.63, 3.8) is 0 Å². The van der Waals surface area contributed by atoms with E-state index in [-0.39, 0.29) is 0 Å². The minimum Gasteiger partial charge on any atom is -0.316 e. The van der Waals surface area contributed by atoms with E-state index in [1.165, 1.54) is 24.9 Å². The zero-order chi connectivity index (χ0) is 13.0. The molecule has 1 N–H and O–H groups in total. The van der Waals surface area contributed by atoms with Gasteiger partial charge in [0.15, 0.2) is 0 Å². The summed E-state index contributed by atoms with van der Waals surface area (Å²) in [4.78, 5) is 0. The van der Waals surface area contributed by atoms with E-state index in [0.29, 0.717) is 0 Å². The van der Waals surface area contributed by atoms with Crippen LogP contribution in [0, 0.1) is 11.8 Å². The highest BCUT2D eigenvalue weighted by molar-refractivity contribution is 5.28. The van der Waals surface area contributed by atoms with Crippen LogP contribution in [-0.2, 0) is 6.42 Å². The predicted octanol–water partition coefficient (Wildman–Crippen LogP) is 3.99. The van der Waals surface area contributed by atoms with Crippen LogP contribution in [0.15, 0.2) is 24.3 Å². The van der Waals surface area contributed by atoms with Gasteiger partial charge >= 0.3 is 0 Å². The van der Waals surface area contributed by atoms with Crippen LogP contribution >= 0.6 is 0 Å². The van der Waals surface area contributed by atoms with E-state index in [1.807, 2.05) is 0 Å². The van der Waals surface area contributed by atoms with Crippen LogP contribution in [0.2, 0.25) is 0 Å². The highest BCUT2D eigenvalue weighted by Gasteiger charge is 2.31. The highest BCUT2D eigenvalue weighted by atomic mass is 14.9. The molecule has 0 heterocycles. The monoisotopic (exact) mass is 245 g/mol. The summed E-state index contributed by atoms with van der Waals surface area (Å²) in [5, 5.41) is 3.62. The lowest BCUT2D eigenvalue weighted by molar-refractivity contribution is 0.243. The van der Waals surface area contributed by atoms with E-state index >= 15 is 0 Å². The fraction of sp³-hybridized carbons (Fsp3) is 0.647. The van der Waals surface area contributed by atoms with Crippen molar-refractivity contribution in [2.45, 2.75) is 46.0 Å². The summed E-state index contributed by atoms with van der Waals surface area (Å²) in [5.41, 5.74) is 3.05. The molecule has 0 saturated heterocycles. The van der Waals surface area contributed by atoms with Crippen molar-refractivity contribution >= 4 is 0 Å². The Morgan fingerprint density at radius 2 is 2.11 bits per heavy atom. The van der Waals surface area contributed by atoms with E-state index in [1.54, 1.807) is 5.56 Å². The van der Waals surface area contributed by atoms with Gasteiger partial charge in [-0.1, -0.05) is 45.0 Å². The topological polar surface area (TPSA) is 12.0 Å². The largest absolute Gasteiger partial charge is 0.316 e. The molecule has 0 aromatic heterocycles. The number of hydrogen-bond donors (Lipinski definition) is 1. The highest BCUT2D eigenvalue weighted by Crippen LogP contribution is 2.42. The van der Waals surface area contributed by atoms with Gasteiger partial charge in [0.1, 0.15) is 0 Å². The van der Waals surface area contributed by atoms with Crippen LogP contribution in [0.25, 0.3) is 0 Å². The molecule has 1 heteroatoms. The van der Waals surface area contributed by atoms with Crippen molar-refractivity contribution in [1.82, 2.24) is 5.32 Å². The second kappa shape index (κ2) is 6.38. The van der Waals surface area contributed by atoms with Crippen LogP contribution in [0.3, 0.4) is 0 Å². The molecular formula is C17H27N. The molecule has 100 valence electrons. The maximum Gasteiger partial charge on any atom is -0.00146 e. The van der Waals surface area contributed by atoms with Gasteiger partial charge in [0.2, 0.25) is 0 Å². The summed E-state index contributed by atoms with van der Waals surface area (Å²) in [6.07, 6.45) is 3.92. The Hall–Kier alpha value is -0.820. The third-order valence-corrected chi connectivity index (χ3v) is 4.16. The van der Waals surface area contributed by atoms with Gasteiger partial charge in [0, 0.05) is 0 Å². The fourth-order valence-electron chi connectivity index (χ4n) is 2.85. The Labute approximate surface area is 112 Å². The fourth-order valence-corrected chi connectivity index (χ4v) is 2.85. The molecule has 2 rings (SSSR count). The molecule has 18 heavy (non-hydrogen) atoms. The second-order valence-corrected chi connectivity index (χ2v) is 6.09. The van der Waals surface area contributed by atoms with Crippen molar-refractivity contribution < 1.29 is 0 Å². The number of rotatable bonds is 6. The average molecular weight is 245 g/mol. The standard InChI is InChI=1S/C17H27N/c1-4-14-6-5-7-15(10-14)17-9-8-16(17)12-18-11-13(2)3/h5-7,10,13,16-18H,4,8-9,11-12H2,1-3H3. The first-order chi connectivity index (χ1) is 8.70. The summed E-state index contributed by atoms with van der Waals surface area (Å²) in [6.45, 7) is 9.13. The Balaban J connectivity index is 1.88. The zero-order valence-corrected chi connectivity index (χ0v) is 12.1. The number of benzene rings is 1. The molecule has 1 fully saturated rings. The van der Waals surface area contributed by atoms with Crippen molar-refractivity contribution in [2.75, 3.05) is 13.1 Å². The van der Waals surface area contributed by atoms with E-state index in [2.05, 4.69) is 50.4 Å². The molecule has 1 aromatic carbocycles. The van der Waals surface area contributed by atoms with Gasteiger partial charge < -0.3 is 5.32 Å². The summed E-state index contributed by atoms with van der Waals surface area (Å²) < 4.78 is 0. The maximum absolute atomic E-state index is 3.62. The van der Waals surface area contributed by atoms with Crippen LogP contribution in [0.5, 0.6) is 0 Å². The molecule has 0 radical (unpaired) electrons. The van der Waals surface area contributed by atoms with Gasteiger partial charge in [-0.3, -0.25) is 0 Å². The van der Waals surface area contributed by atoms with E-state index < -0.39 is 0 Å². The first kappa shape index (κ1) is 13.6. The SMILES string of the molecule is CCc1cccc(C2CCC2CNCC(C)C)c1. The quantitative estimate of drug-likeness (QED) is 0.799. The lowest BCUT2D eigenvalue weighted by Gasteiger charge is -2.37. The summed E-state index contributed by atoms with van der Waals surface area (Å²) in [7, 11) is 0. The summed E-state index contributed by atoms with van der Waals surface area (Å²) >= 11 is 0. The number of aryl methyl sites for hydroxylation is 1. The van der Waals surface area contributed by atoms with E-state index in [9.17, 15) is 0 Å². The van der Waals surface area contributed by atoms with Crippen molar-refractivity contribution in [3.8, 4) is 0 Å². The minimum absolute atomic E-state index is 0.756. The molecule has 1 aliphatic rings. The molecule has 1 aliphatic carbocycles. The van der Waals surface area contributed by atoms with Crippen LogP contribution in [-0.4, -0.2) is 13.1 Å². The van der Waals surface area contributed by atoms with Gasteiger partial charge in [-0.15, -0.1) is 0 Å².